The number of alkyl halides is 3. The SMILES string of the molecule is FC(F)(F)c1ccccc1OC1CCNCC1.[Cl-]. The monoisotopic (exact) mass is 280 g/mol. The normalized spacial score (nSPS) is 17.1. The Morgan fingerprint density at radius 1 is 1.11 bits per heavy atom. The summed E-state index contributed by atoms with van der Waals surface area (Å²) in [5.74, 6) is -0.0631. The number of piperidine rings is 1. The molecule has 2 rings (SSSR count). The molecule has 1 aliphatic rings. The van der Waals surface area contributed by atoms with Gasteiger partial charge >= 0.3 is 6.18 Å². The van der Waals surface area contributed by atoms with E-state index in [1.54, 1.807) is 6.07 Å². The third-order valence-electron chi connectivity index (χ3n) is 2.77. The molecular formula is C12H14ClF3NO-. The lowest BCUT2D eigenvalue weighted by atomic mass is 10.1. The van der Waals surface area contributed by atoms with Gasteiger partial charge in [0.1, 0.15) is 11.9 Å². The van der Waals surface area contributed by atoms with Gasteiger partial charge in [-0.1, -0.05) is 12.1 Å². The van der Waals surface area contributed by atoms with Gasteiger partial charge in [0, 0.05) is 0 Å². The first kappa shape index (κ1) is 15.1. The molecule has 102 valence electrons. The highest BCUT2D eigenvalue weighted by Gasteiger charge is 2.34. The molecule has 1 saturated heterocycles. The molecule has 0 aliphatic carbocycles. The van der Waals surface area contributed by atoms with E-state index < -0.39 is 11.7 Å². The van der Waals surface area contributed by atoms with E-state index in [4.69, 9.17) is 4.74 Å². The van der Waals surface area contributed by atoms with Crippen molar-refractivity contribution >= 4 is 0 Å². The predicted molar refractivity (Wildman–Crippen MR) is 58.0 cm³/mol. The Morgan fingerprint density at radius 2 is 1.72 bits per heavy atom. The summed E-state index contributed by atoms with van der Waals surface area (Å²) in [4.78, 5) is 0. The second-order valence-electron chi connectivity index (χ2n) is 4.06. The van der Waals surface area contributed by atoms with Crippen molar-refractivity contribution < 1.29 is 30.3 Å². The van der Waals surface area contributed by atoms with Crippen LogP contribution in [0.4, 0.5) is 13.2 Å². The molecule has 1 N–H and O–H groups in total. The van der Waals surface area contributed by atoms with Crippen molar-refractivity contribution in [3.63, 3.8) is 0 Å². The lowest BCUT2D eigenvalue weighted by Crippen LogP contribution is -3.00. The van der Waals surface area contributed by atoms with Crippen molar-refractivity contribution in [2.45, 2.75) is 25.1 Å². The topological polar surface area (TPSA) is 21.3 Å². The Balaban J connectivity index is 0.00000162. The largest absolute Gasteiger partial charge is 1.00 e. The molecule has 18 heavy (non-hydrogen) atoms. The maximum absolute atomic E-state index is 12.7. The van der Waals surface area contributed by atoms with Gasteiger partial charge < -0.3 is 22.5 Å². The summed E-state index contributed by atoms with van der Waals surface area (Å²) < 4.78 is 43.6. The molecule has 0 amide bonds. The first-order valence-electron chi connectivity index (χ1n) is 5.61. The summed E-state index contributed by atoms with van der Waals surface area (Å²) in [5, 5.41) is 3.14. The molecule has 0 spiro atoms. The molecule has 1 aliphatic heterocycles. The Labute approximate surface area is 110 Å². The maximum atomic E-state index is 12.7. The van der Waals surface area contributed by atoms with Crippen LogP contribution in [-0.4, -0.2) is 19.2 Å². The van der Waals surface area contributed by atoms with E-state index in [0.717, 1.165) is 32.0 Å². The fourth-order valence-electron chi connectivity index (χ4n) is 1.90. The van der Waals surface area contributed by atoms with Gasteiger partial charge in [0.15, 0.2) is 0 Å². The number of hydrogen-bond acceptors (Lipinski definition) is 2. The molecule has 6 heteroatoms. The van der Waals surface area contributed by atoms with Gasteiger partial charge in [-0.25, -0.2) is 0 Å². The molecule has 0 aromatic heterocycles. The molecule has 0 saturated carbocycles. The number of benzene rings is 1. The Kier molecular flexibility index (Phi) is 5.28. The predicted octanol–water partition coefficient (Wildman–Crippen LogP) is -0.160. The van der Waals surface area contributed by atoms with Gasteiger partial charge in [-0.05, 0) is 38.1 Å². The van der Waals surface area contributed by atoms with Gasteiger partial charge in [0.05, 0.1) is 5.56 Å². The number of nitrogens with one attached hydrogen (secondary N) is 1. The maximum Gasteiger partial charge on any atom is 0.419 e. The van der Waals surface area contributed by atoms with Crippen molar-refractivity contribution in [1.29, 1.82) is 0 Å². The van der Waals surface area contributed by atoms with Crippen molar-refractivity contribution in [2.24, 2.45) is 0 Å². The van der Waals surface area contributed by atoms with E-state index in [1.165, 1.54) is 12.1 Å². The van der Waals surface area contributed by atoms with Crippen LogP contribution in [0.25, 0.3) is 0 Å². The fraction of sp³-hybridized carbons (Fsp3) is 0.500. The van der Waals surface area contributed by atoms with Crippen molar-refractivity contribution in [1.82, 2.24) is 5.32 Å². The zero-order valence-corrected chi connectivity index (χ0v) is 10.4. The molecule has 0 bridgehead atoms. The standard InChI is InChI=1S/C12H14F3NO.ClH/c13-12(14,15)10-3-1-2-4-11(10)17-9-5-7-16-8-6-9;/h1-4,9,16H,5-8H2;1H/p-1. The number of halogens is 4. The van der Waals surface area contributed by atoms with Crippen molar-refractivity contribution in [2.75, 3.05) is 13.1 Å². The fourth-order valence-corrected chi connectivity index (χ4v) is 1.90. The van der Waals surface area contributed by atoms with Crippen molar-refractivity contribution in [3.8, 4) is 5.75 Å². The second-order valence-corrected chi connectivity index (χ2v) is 4.06. The summed E-state index contributed by atoms with van der Waals surface area (Å²) in [6.07, 6.45) is -3.00. The van der Waals surface area contributed by atoms with Gasteiger partial charge in [0.25, 0.3) is 0 Å². The highest BCUT2D eigenvalue weighted by Crippen LogP contribution is 2.36. The number of para-hydroxylation sites is 1. The number of rotatable bonds is 2. The minimum Gasteiger partial charge on any atom is -1.00 e. The van der Waals surface area contributed by atoms with E-state index in [-0.39, 0.29) is 24.3 Å². The number of ether oxygens (including phenoxy) is 1. The van der Waals surface area contributed by atoms with Gasteiger partial charge in [-0.3, -0.25) is 0 Å². The minimum absolute atomic E-state index is 0. The molecular weight excluding hydrogens is 267 g/mol. The first-order chi connectivity index (χ1) is 8.07. The summed E-state index contributed by atoms with van der Waals surface area (Å²) in [7, 11) is 0. The summed E-state index contributed by atoms with van der Waals surface area (Å²) >= 11 is 0. The Bertz CT molecular complexity index is 378. The third kappa shape index (κ3) is 3.78. The van der Waals surface area contributed by atoms with Crippen LogP contribution in [0, 0.1) is 0 Å². The molecule has 1 fully saturated rings. The van der Waals surface area contributed by atoms with E-state index in [0.29, 0.717) is 0 Å². The summed E-state index contributed by atoms with van der Waals surface area (Å²) in [5.41, 5.74) is -0.696. The van der Waals surface area contributed by atoms with Crippen LogP contribution in [-0.2, 0) is 6.18 Å². The highest BCUT2D eigenvalue weighted by atomic mass is 35.5. The summed E-state index contributed by atoms with van der Waals surface area (Å²) in [6, 6.07) is 5.37. The molecule has 0 atom stereocenters. The van der Waals surface area contributed by atoms with E-state index in [2.05, 4.69) is 5.32 Å². The first-order valence-corrected chi connectivity index (χ1v) is 5.61. The zero-order valence-electron chi connectivity index (χ0n) is 9.64. The van der Waals surface area contributed by atoms with Crippen LogP contribution >= 0.6 is 0 Å². The lowest BCUT2D eigenvalue weighted by Gasteiger charge is -2.25. The molecule has 1 aromatic rings. The molecule has 0 unspecified atom stereocenters. The third-order valence-corrected chi connectivity index (χ3v) is 2.77. The van der Waals surface area contributed by atoms with Crippen LogP contribution in [0.15, 0.2) is 24.3 Å². The summed E-state index contributed by atoms with van der Waals surface area (Å²) in [6.45, 7) is 1.58. The van der Waals surface area contributed by atoms with E-state index in [9.17, 15) is 13.2 Å². The molecule has 1 aromatic carbocycles. The van der Waals surface area contributed by atoms with Gasteiger partial charge in [0.2, 0.25) is 0 Å². The van der Waals surface area contributed by atoms with E-state index >= 15 is 0 Å². The number of hydrogen-bond donors (Lipinski definition) is 1. The van der Waals surface area contributed by atoms with Crippen molar-refractivity contribution in [3.05, 3.63) is 29.8 Å². The van der Waals surface area contributed by atoms with Gasteiger partial charge in [-0.2, -0.15) is 13.2 Å². The zero-order chi connectivity index (χ0) is 12.3. The minimum atomic E-state index is -4.36. The molecule has 0 radical (unpaired) electrons. The highest BCUT2D eigenvalue weighted by molar-refractivity contribution is 5.35. The Hall–Kier alpha value is -0.940. The average Bonchev–Trinajstić information content (AvgIpc) is 2.30. The average molecular weight is 281 g/mol. The van der Waals surface area contributed by atoms with Crippen LogP contribution in [0.3, 0.4) is 0 Å². The second kappa shape index (κ2) is 6.29. The van der Waals surface area contributed by atoms with Crippen LogP contribution in [0.1, 0.15) is 18.4 Å². The quantitative estimate of drug-likeness (QED) is 0.813. The van der Waals surface area contributed by atoms with Crippen LogP contribution in [0.2, 0.25) is 0 Å². The Morgan fingerprint density at radius 3 is 2.33 bits per heavy atom. The van der Waals surface area contributed by atoms with Gasteiger partial charge in [-0.15, -0.1) is 0 Å². The molecule has 2 nitrogen and oxygen atoms in total. The van der Waals surface area contributed by atoms with Crippen LogP contribution in [0.5, 0.6) is 5.75 Å². The smallest absolute Gasteiger partial charge is 0.419 e. The molecule has 1 heterocycles. The lowest BCUT2D eigenvalue weighted by molar-refractivity contribution is -0.139. The van der Waals surface area contributed by atoms with Crippen LogP contribution < -0.4 is 22.5 Å². The van der Waals surface area contributed by atoms with E-state index in [1.807, 2.05) is 0 Å².